The molecule has 2 N–H and O–H groups in total. The highest BCUT2D eigenvalue weighted by Crippen LogP contribution is 2.26. The van der Waals surface area contributed by atoms with Gasteiger partial charge in [-0.25, -0.2) is 0 Å². The number of aromatic nitrogens is 2. The van der Waals surface area contributed by atoms with Crippen molar-refractivity contribution in [2.45, 2.75) is 24.3 Å². The molecule has 0 saturated carbocycles. The first-order valence-corrected chi connectivity index (χ1v) is 6.65. The molecule has 2 atom stereocenters. The minimum absolute atomic E-state index is 0.0536. The lowest BCUT2D eigenvalue weighted by Gasteiger charge is -2.34. The Kier molecular flexibility index (Phi) is 3.33. The Hall–Kier alpha value is -1.17. The molecule has 1 aromatic rings. The largest absolute Gasteiger partial charge is 0.396 e. The quantitative estimate of drug-likeness (QED) is 0.811. The SMILES string of the molecule is CC1CN(C(=O)c2nn(C)cc2N)CC(C)S1. The molecule has 1 aromatic heterocycles. The molecule has 1 saturated heterocycles. The summed E-state index contributed by atoms with van der Waals surface area (Å²) in [5, 5.41) is 5.06. The molecule has 1 aliphatic rings. The van der Waals surface area contributed by atoms with Crippen LogP contribution in [0.25, 0.3) is 0 Å². The predicted octanol–water partition coefficient (Wildman–Crippen LogP) is 0.968. The fourth-order valence-corrected chi connectivity index (χ4v) is 3.49. The van der Waals surface area contributed by atoms with Crippen molar-refractivity contribution in [2.24, 2.45) is 7.05 Å². The van der Waals surface area contributed by atoms with Gasteiger partial charge in [0.25, 0.3) is 5.91 Å². The predicted molar refractivity (Wildman–Crippen MR) is 70.0 cm³/mol. The molecule has 1 fully saturated rings. The third-order valence-corrected chi connectivity index (χ3v) is 3.99. The molecule has 1 aliphatic heterocycles. The van der Waals surface area contributed by atoms with E-state index in [4.69, 9.17) is 5.73 Å². The van der Waals surface area contributed by atoms with Gasteiger partial charge in [-0.1, -0.05) is 13.8 Å². The van der Waals surface area contributed by atoms with Gasteiger partial charge in [0.2, 0.25) is 0 Å². The van der Waals surface area contributed by atoms with E-state index < -0.39 is 0 Å². The summed E-state index contributed by atoms with van der Waals surface area (Å²) in [4.78, 5) is 14.1. The van der Waals surface area contributed by atoms with Gasteiger partial charge >= 0.3 is 0 Å². The Labute approximate surface area is 105 Å². The minimum Gasteiger partial charge on any atom is -0.396 e. The number of nitrogens with two attached hydrogens (primary N) is 1. The molecule has 94 valence electrons. The average Bonchev–Trinajstić information content (AvgIpc) is 2.55. The van der Waals surface area contributed by atoms with Crippen LogP contribution in [-0.4, -0.2) is 44.2 Å². The Morgan fingerprint density at radius 2 is 2.06 bits per heavy atom. The maximum atomic E-state index is 12.3. The maximum Gasteiger partial charge on any atom is 0.276 e. The number of hydrogen-bond donors (Lipinski definition) is 1. The summed E-state index contributed by atoms with van der Waals surface area (Å²) < 4.78 is 1.58. The number of nitrogen functional groups attached to an aromatic ring is 1. The van der Waals surface area contributed by atoms with Gasteiger partial charge in [0.05, 0.1) is 5.69 Å². The van der Waals surface area contributed by atoms with Gasteiger partial charge < -0.3 is 10.6 Å². The van der Waals surface area contributed by atoms with Gasteiger partial charge in [-0.2, -0.15) is 16.9 Å². The normalized spacial score (nSPS) is 25.0. The van der Waals surface area contributed by atoms with Crippen LogP contribution in [0, 0.1) is 0 Å². The molecule has 2 unspecified atom stereocenters. The lowest BCUT2D eigenvalue weighted by atomic mass is 10.2. The van der Waals surface area contributed by atoms with Gasteiger partial charge in [0.15, 0.2) is 5.69 Å². The molecule has 6 heteroatoms. The molecule has 0 bridgehead atoms. The van der Waals surface area contributed by atoms with E-state index in [9.17, 15) is 4.79 Å². The summed E-state index contributed by atoms with van der Waals surface area (Å²) >= 11 is 1.92. The number of nitrogens with zero attached hydrogens (tertiary/aromatic N) is 3. The molecule has 2 heterocycles. The van der Waals surface area contributed by atoms with E-state index in [1.165, 1.54) is 0 Å². The van der Waals surface area contributed by atoms with E-state index in [2.05, 4.69) is 18.9 Å². The van der Waals surface area contributed by atoms with Gasteiger partial charge in [-0.15, -0.1) is 0 Å². The average molecular weight is 254 g/mol. The molecular weight excluding hydrogens is 236 g/mol. The Balaban J connectivity index is 2.17. The summed E-state index contributed by atoms with van der Waals surface area (Å²) in [6.07, 6.45) is 1.67. The van der Waals surface area contributed by atoms with Crippen molar-refractivity contribution in [1.29, 1.82) is 0 Å². The zero-order valence-corrected chi connectivity index (χ0v) is 11.2. The molecule has 1 amide bonds. The number of carbonyl (C=O) groups is 1. The standard InChI is InChI=1S/C11H18N4OS/c1-7-4-15(5-8(2)17-7)11(16)10-9(12)6-14(3)13-10/h6-8H,4-5,12H2,1-3H3. The van der Waals surface area contributed by atoms with Crippen molar-refractivity contribution in [3.8, 4) is 0 Å². The number of hydrogen-bond acceptors (Lipinski definition) is 4. The Morgan fingerprint density at radius 1 is 1.47 bits per heavy atom. The molecular formula is C11H18N4OS. The second-order valence-corrected chi connectivity index (χ2v) is 6.46. The van der Waals surface area contributed by atoms with Crippen molar-refractivity contribution < 1.29 is 4.79 Å². The smallest absolute Gasteiger partial charge is 0.276 e. The zero-order chi connectivity index (χ0) is 12.6. The molecule has 17 heavy (non-hydrogen) atoms. The van der Waals surface area contributed by atoms with Crippen LogP contribution in [0.3, 0.4) is 0 Å². The van der Waals surface area contributed by atoms with Crippen LogP contribution < -0.4 is 5.73 Å². The van der Waals surface area contributed by atoms with E-state index in [1.807, 2.05) is 16.7 Å². The molecule has 0 spiro atoms. The van der Waals surface area contributed by atoms with Crippen molar-refractivity contribution in [2.75, 3.05) is 18.8 Å². The van der Waals surface area contributed by atoms with Gasteiger partial charge in [-0.05, 0) is 0 Å². The van der Waals surface area contributed by atoms with Gasteiger partial charge in [0, 0.05) is 36.8 Å². The van der Waals surface area contributed by atoms with Crippen LogP contribution in [0.15, 0.2) is 6.20 Å². The van der Waals surface area contributed by atoms with Gasteiger partial charge in [0.1, 0.15) is 0 Å². The van der Waals surface area contributed by atoms with E-state index in [0.29, 0.717) is 21.9 Å². The first kappa shape index (κ1) is 12.3. The van der Waals surface area contributed by atoms with Crippen LogP contribution in [0.4, 0.5) is 5.69 Å². The molecule has 5 nitrogen and oxygen atoms in total. The fourth-order valence-electron chi connectivity index (χ4n) is 2.17. The summed E-state index contributed by atoms with van der Waals surface area (Å²) in [5.74, 6) is -0.0536. The first-order valence-electron chi connectivity index (χ1n) is 5.71. The molecule has 2 rings (SSSR count). The second kappa shape index (κ2) is 4.60. The summed E-state index contributed by atoms with van der Waals surface area (Å²) in [6, 6.07) is 0. The zero-order valence-electron chi connectivity index (χ0n) is 10.4. The van der Waals surface area contributed by atoms with Crippen molar-refractivity contribution in [3.63, 3.8) is 0 Å². The number of carbonyl (C=O) groups excluding carboxylic acids is 1. The highest BCUT2D eigenvalue weighted by molar-refractivity contribution is 8.00. The Morgan fingerprint density at radius 3 is 2.53 bits per heavy atom. The number of amides is 1. The topological polar surface area (TPSA) is 64.2 Å². The summed E-state index contributed by atoms with van der Waals surface area (Å²) in [7, 11) is 1.77. The monoisotopic (exact) mass is 254 g/mol. The van der Waals surface area contributed by atoms with Crippen LogP contribution in [0.1, 0.15) is 24.3 Å². The second-order valence-electron chi connectivity index (χ2n) is 4.57. The number of aryl methyl sites for hydroxylation is 1. The maximum absolute atomic E-state index is 12.3. The van der Waals surface area contributed by atoms with Crippen LogP contribution in [-0.2, 0) is 7.05 Å². The highest BCUT2D eigenvalue weighted by Gasteiger charge is 2.28. The molecule has 0 aromatic carbocycles. The summed E-state index contributed by atoms with van der Waals surface area (Å²) in [6.45, 7) is 5.82. The lowest BCUT2D eigenvalue weighted by molar-refractivity contribution is 0.0747. The van der Waals surface area contributed by atoms with E-state index >= 15 is 0 Å². The van der Waals surface area contributed by atoms with Crippen molar-refractivity contribution in [3.05, 3.63) is 11.9 Å². The third-order valence-electron chi connectivity index (χ3n) is 2.77. The van der Waals surface area contributed by atoms with E-state index in [1.54, 1.807) is 17.9 Å². The third kappa shape index (κ3) is 2.57. The van der Waals surface area contributed by atoms with Crippen LogP contribution in [0.5, 0.6) is 0 Å². The summed E-state index contributed by atoms with van der Waals surface area (Å²) in [5.41, 5.74) is 6.61. The van der Waals surface area contributed by atoms with E-state index in [-0.39, 0.29) is 5.91 Å². The fraction of sp³-hybridized carbons (Fsp3) is 0.636. The lowest BCUT2D eigenvalue weighted by Crippen LogP contribution is -2.44. The number of thioether (sulfide) groups is 1. The van der Waals surface area contributed by atoms with Gasteiger partial charge in [-0.3, -0.25) is 9.48 Å². The van der Waals surface area contributed by atoms with E-state index in [0.717, 1.165) is 13.1 Å². The van der Waals surface area contributed by atoms with Crippen LogP contribution >= 0.6 is 11.8 Å². The van der Waals surface area contributed by atoms with Crippen molar-refractivity contribution in [1.82, 2.24) is 14.7 Å². The minimum atomic E-state index is -0.0536. The Bertz CT molecular complexity index is 421. The molecule has 0 radical (unpaired) electrons. The number of rotatable bonds is 1. The number of anilines is 1. The van der Waals surface area contributed by atoms with Crippen LogP contribution in [0.2, 0.25) is 0 Å². The molecule has 0 aliphatic carbocycles. The highest BCUT2D eigenvalue weighted by atomic mass is 32.2. The van der Waals surface area contributed by atoms with Crippen molar-refractivity contribution >= 4 is 23.4 Å². The first-order chi connectivity index (χ1) is 7.97.